The van der Waals surface area contributed by atoms with Crippen molar-refractivity contribution >= 4 is 31.9 Å². The highest BCUT2D eigenvalue weighted by molar-refractivity contribution is 9.10. The average molecular weight is 361 g/mol. The number of likely N-dealkylation sites (tertiary alicyclic amines) is 1. The molecule has 1 amide bonds. The number of piperidine rings is 1. The smallest absolute Gasteiger partial charge is 0.240 e. The number of halogens is 1. The van der Waals surface area contributed by atoms with Crippen LogP contribution in [0.2, 0.25) is 0 Å². The van der Waals surface area contributed by atoms with Gasteiger partial charge in [-0.05, 0) is 37.1 Å². The molecule has 0 unspecified atom stereocenters. The average Bonchev–Trinajstić information content (AvgIpc) is 2.39. The molecule has 1 fully saturated rings. The number of carbonyl (C=O) groups is 1. The normalized spacial score (nSPS) is 17.2. The quantitative estimate of drug-likeness (QED) is 0.892. The van der Waals surface area contributed by atoms with E-state index in [0.29, 0.717) is 25.9 Å². The van der Waals surface area contributed by atoms with Crippen LogP contribution in [-0.4, -0.2) is 38.4 Å². The maximum Gasteiger partial charge on any atom is 0.240 e. The zero-order valence-corrected chi connectivity index (χ0v) is 13.6. The summed E-state index contributed by atoms with van der Waals surface area (Å²) in [5.41, 5.74) is 0. The molecule has 0 aliphatic carbocycles. The third-order valence-corrected chi connectivity index (χ3v) is 5.45. The highest BCUT2D eigenvalue weighted by Crippen LogP contribution is 2.17. The van der Waals surface area contributed by atoms with E-state index in [0.717, 1.165) is 4.47 Å². The van der Waals surface area contributed by atoms with Crippen LogP contribution in [0.25, 0.3) is 0 Å². The molecule has 1 aromatic carbocycles. The Morgan fingerprint density at radius 1 is 1.25 bits per heavy atom. The van der Waals surface area contributed by atoms with Crippen LogP contribution < -0.4 is 4.72 Å². The lowest BCUT2D eigenvalue weighted by Crippen LogP contribution is -2.45. The summed E-state index contributed by atoms with van der Waals surface area (Å²) in [6.07, 6.45) is 1.30. The summed E-state index contributed by atoms with van der Waals surface area (Å²) >= 11 is 3.28. The highest BCUT2D eigenvalue weighted by atomic mass is 79.9. The van der Waals surface area contributed by atoms with E-state index in [-0.39, 0.29) is 16.8 Å². The van der Waals surface area contributed by atoms with E-state index >= 15 is 0 Å². The highest BCUT2D eigenvalue weighted by Gasteiger charge is 2.25. The summed E-state index contributed by atoms with van der Waals surface area (Å²) in [5.74, 6) is 0.0409. The van der Waals surface area contributed by atoms with Gasteiger partial charge in [0.1, 0.15) is 0 Å². The zero-order chi connectivity index (χ0) is 14.8. The van der Waals surface area contributed by atoms with Crippen molar-refractivity contribution < 1.29 is 13.2 Å². The molecule has 1 saturated heterocycles. The summed E-state index contributed by atoms with van der Waals surface area (Å²) in [7, 11) is -3.49. The largest absolute Gasteiger partial charge is 0.343 e. The second kappa shape index (κ2) is 6.24. The molecule has 1 aliphatic rings. The Balaban J connectivity index is 2.00. The minimum atomic E-state index is -3.49. The van der Waals surface area contributed by atoms with E-state index < -0.39 is 10.0 Å². The van der Waals surface area contributed by atoms with E-state index in [2.05, 4.69) is 20.7 Å². The fourth-order valence-corrected chi connectivity index (χ4v) is 3.78. The first-order chi connectivity index (χ1) is 9.38. The van der Waals surface area contributed by atoms with Gasteiger partial charge in [0.05, 0.1) is 4.90 Å². The van der Waals surface area contributed by atoms with Crippen LogP contribution in [0.4, 0.5) is 0 Å². The fraction of sp³-hybridized carbons (Fsp3) is 0.462. The number of hydrogen-bond acceptors (Lipinski definition) is 3. The summed E-state index contributed by atoms with van der Waals surface area (Å²) in [6, 6.07) is 6.42. The van der Waals surface area contributed by atoms with Gasteiger partial charge in [-0.2, -0.15) is 0 Å². The van der Waals surface area contributed by atoms with Gasteiger partial charge >= 0.3 is 0 Å². The number of benzene rings is 1. The lowest BCUT2D eigenvalue weighted by molar-refractivity contribution is -0.129. The predicted octanol–water partition coefficient (Wildman–Crippen LogP) is 1.74. The first kappa shape index (κ1) is 15.5. The van der Waals surface area contributed by atoms with Gasteiger partial charge in [-0.3, -0.25) is 4.79 Å². The number of carbonyl (C=O) groups excluding carboxylic acids is 1. The molecule has 0 spiro atoms. The molecule has 1 aliphatic heterocycles. The van der Waals surface area contributed by atoms with Crippen LogP contribution in [0.1, 0.15) is 19.8 Å². The summed E-state index contributed by atoms with van der Waals surface area (Å²) in [5, 5.41) is 0. The molecular formula is C13H17BrN2O3S. The van der Waals surface area contributed by atoms with Crippen LogP contribution in [0, 0.1) is 0 Å². The molecule has 5 nitrogen and oxygen atoms in total. The number of hydrogen-bond donors (Lipinski definition) is 1. The number of rotatable bonds is 3. The molecule has 110 valence electrons. The fourth-order valence-electron chi connectivity index (χ4n) is 2.21. The summed E-state index contributed by atoms with van der Waals surface area (Å²) in [6.45, 7) is 2.73. The van der Waals surface area contributed by atoms with Gasteiger partial charge in [0.25, 0.3) is 0 Å². The maximum absolute atomic E-state index is 12.2. The zero-order valence-electron chi connectivity index (χ0n) is 11.2. The molecule has 1 N–H and O–H groups in total. The Labute approximate surface area is 127 Å². The van der Waals surface area contributed by atoms with Crippen molar-refractivity contribution in [3.05, 3.63) is 28.7 Å². The SMILES string of the molecule is CC(=O)N1CCC(NS(=O)(=O)c2ccc(Br)cc2)CC1. The van der Waals surface area contributed by atoms with E-state index in [1.807, 2.05) is 0 Å². The van der Waals surface area contributed by atoms with Crippen molar-refractivity contribution in [3.8, 4) is 0 Å². The Kier molecular flexibility index (Phi) is 4.82. The van der Waals surface area contributed by atoms with Crippen molar-refractivity contribution in [2.45, 2.75) is 30.7 Å². The van der Waals surface area contributed by atoms with E-state index in [1.165, 1.54) is 6.92 Å². The van der Waals surface area contributed by atoms with Crippen molar-refractivity contribution in [2.24, 2.45) is 0 Å². The molecule has 7 heteroatoms. The molecule has 2 rings (SSSR count). The topological polar surface area (TPSA) is 66.5 Å². The van der Waals surface area contributed by atoms with E-state index in [9.17, 15) is 13.2 Å². The Morgan fingerprint density at radius 3 is 2.30 bits per heavy atom. The van der Waals surface area contributed by atoms with Crippen molar-refractivity contribution in [1.29, 1.82) is 0 Å². The van der Waals surface area contributed by atoms with Gasteiger partial charge in [-0.15, -0.1) is 0 Å². The van der Waals surface area contributed by atoms with Crippen LogP contribution >= 0.6 is 15.9 Å². The molecule has 0 bridgehead atoms. The van der Waals surface area contributed by atoms with Gasteiger partial charge in [-0.1, -0.05) is 15.9 Å². The first-order valence-electron chi connectivity index (χ1n) is 6.42. The van der Waals surface area contributed by atoms with E-state index in [1.54, 1.807) is 29.2 Å². The molecular weight excluding hydrogens is 344 g/mol. The number of sulfonamides is 1. The predicted molar refractivity (Wildman–Crippen MR) is 79.7 cm³/mol. The van der Waals surface area contributed by atoms with Crippen LogP contribution in [0.3, 0.4) is 0 Å². The molecule has 0 radical (unpaired) electrons. The second-order valence-corrected chi connectivity index (χ2v) is 7.49. The third kappa shape index (κ3) is 3.80. The maximum atomic E-state index is 12.2. The molecule has 0 atom stereocenters. The third-order valence-electron chi connectivity index (χ3n) is 3.39. The molecule has 1 aromatic rings. The van der Waals surface area contributed by atoms with Gasteiger partial charge in [-0.25, -0.2) is 13.1 Å². The van der Waals surface area contributed by atoms with Crippen LogP contribution in [-0.2, 0) is 14.8 Å². The molecule has 0 aromatic heterocycles. The van der Waals surface area contributed by atoms with Crippen molar-refractivity contribution in [2.75, 3.05) is 13.1 Å². The number of nitrogens with one attached hydrogen (secondary N) is 1. The standard InChI is InChI=1S/C13H17BrN2O3S/c1-10(17)16-8-6-12(7-9-16)15-20(18,19)13-4-2-11(14)3-5-13/h2-5,12,15H,6-9H2,1H3. The monoisotopic (exact) mass is 360 g/mol. The minimum Gasteiger partial charge on any atom is -0.343 e. The van der Waals surface area contributed by atoms with Crippen LogP contribution in [0.15, 0.2) is 33.6 Å². The lowest BCUT2D eigenvalue weighted by Gasteiger charge is -2.31. The molecule has 20 heavy (non-hydrogen) atoms. The number of amides is 1. The Bertz CT molecular complexity index is 578. The van der Waals surface area contributed by atoms with Crippen molar-refractivity contribution in [3.63, 3.8) is 0 Å². The summed E-state index contributed by atoms with van der Waals surface area (Å²) < 4.78 is 28.0. The number of nitrogens with zero attached hydrogens (tertiary/aromatic N) is 1. The Hall–Kier alpha value is -0.920. The lowest BCUT2D eigenvalue weighted by atomic mass is 10.1. The minimum absolute atomic E-state index is 0.0409. The molecule has 0 saturated carbocycles. The summed E-state index contributed by atoms with van der Waals surface area (Å²) in [4.78, 5) is 13.2. The Morgan fingerprint density at radius 2 is 1.80 bits per heavy atom. The van der Waals surface area contributed by atoms with E-state index in [4.69, 9.17) is 0 Å². The van der Waals surface area contributed by atoms with Gasteiger partial charge in [0.2, 0.25) is 15.9 Å². The van der Waals surface area contributed by atoms with Gasteiger partial charge in [0, 0.05) is 30.5 Å². The first-order valence-corrected chi connectivity index (χ1v) is 8.69. The van der Waals surface area contributed by atoms with Gasteiger partial charge in [0.15, 0.2) is 0 Å². The molecule has 1 heterocycles. The van der Waals surface area contributed by atoms with Crippen molar-refractivity contribution in [1.82, 2.24) is 9.62 Å². The van der Waals surface area contributed by atoms with Crippen LogP contribution in [0.5, 0.6) is 0 Å². The van der Waals surface area contributed by atoms with Gasteiger partial charge < -0.3 is 4.90 Å². The second-order valence-electron chi connectivity index (χ2n) is 4.86.